The van der Waals surface area contributed by atoms with E-state index >= 15 is 0 Å². The van der Waals surface area contributed by atoms with Gasteiger partial charge < -0.3 is 0 Å². The van der Waals surface area contributed by atoms with Gasteiger partial charge in [-0.3, -0.25) is 4.79 Å². The van der Waals surface area contributed by atoms with Crippen molar-refractivity contribution in [3.8, 4) is 0 Å². The molecule has 2 rings (SSSR count). The molecule has 0 saturated carbocycles. The van der Waals surface area contributed by atoms with E-state index in [1.165, 1.54) is 12.1 Å². The first-order chi connectivity index (χ1) is 7.93. The number of aldehydes is 1. The molecule has 17 heavy (non-hydrogen) atoms. The van der Waals surface area contributed by atoms with Crippen LogP contribution in [0.4, 0.5) is 13.2 Å². The highest BCUT2D eigenvalue weighted by atomic mass is 35.5. The molecule has 0 amide bonds. The van der Waals surface area contributed by atoms with Crippen molar-refractivity contribution in [1.29, 1.82) is 0 Å². The van der Waals surface area contributed by atoms with Crippen LogP contribution in [0, 0.1) is 0 Å². The fraction of sp³-hybridized carbons (Fsp3) is 0.100. The summed E-state index contributed by atoms with van der Waals surface area (Å²) in [5.41, 5.74) is -1.32. The number of alkyl halides is 3. The zero-order valence-electron chi connectivity index (χ0n) is 8.12. The molecule has 88 valence electrons. The van der Waals surface area contributed by atoms with Crippen LogP contribution >= 0.6 is 11.6 Å². The second kappa shape index (κ2) is 3.96. The minimum absolute atomic E-state index is 0.0621. The number of carbonyl (C=O) groups is 1. The molecular weight excluding hydrogens is 257 g/mol. The van der Waals surface area contributed by atoms with Crippen molar-refractivity contribution >= 4 is 28.8 Å². The number of halogens is 4. The van der Waals surface area contributed by atoms with E-state index in [1.54, 1.807) is 0 Å². The maximum Gasteiger partial charge on any atom is 0.418 e. The van der Waals surface area contributed by atoms with Crippen molar-refractivity contribution < 1.29 is 18.0 Å². The fourth-order valence-electron chi connectivity index (χ4n) is 1.41. The Hall–Kier alpha value is -1.69. The lowest BCUT2D eigenvalue weighted by Gasteiger charge is -2.09. The summed E-state index contributed by atoms with van der Waals surface area (Å²) < 4.78 is 38.1. The predicted molar refractivity (Wildman–Crippen MR) is 54.9 cm³/mol. The molecule has 2 aromatic rings. The molecule has 0 spiro atoms. The van der Waals surface area contributed by atoms with Crippen LogP contribution in [0.3, 0.4) is 0 Å². The van der Waals surface area contributed by atoms with Crippen molar-refractivity contribution in [2.24, 2.45) is 0 Å². The van der Waals surface area contributed by atoms with Gasteiger partial charge in [-0.1, -0.05) is 17.7 Å². The number of fused-ring (bicyclic) bond motifs is 1. The third-order valence-electron chi connectivity index (χ3n) is 2.11. The SMILES string of the molecule is O=Cc1nc(Cl)c2cccc(C(F)(F)F)c2n1. The maximum atomic E-state index is 12.7. The zero-order chi connectivity index (χ0) is 12.6. The van der Waals surface area contributed by atoms with E-state index < -0.39 is 11.7 Å². The fourth-order valence-corrected chi connectivity index (χ4v) is 1.65. The molecule has 0 aliphatic heterocycles. The summed E-state index contributed by atoms with van der Waals surface area (Å²) in [6.45, 7) is 0. The van der Waals surface area contributed by atoms with Crippen LogP contribution in [0.1, 0.15) is 16.2 Å². The molecule has 1 aromatic heterocycles. The normalized spacial score (nSPS) is 11.8. The Labute approximate surface area is 98.2 Å². The topological polar surface area (TPSA) is 42.9 Å². The van der Waals surface area contributed by atoms with E-state index in [-0.39, 0.29) is 28.2 Å². The largest absolute Gasteiger partial charge is 0.418 e. The van der Waals surface area contributed by atoms with E-state index in [4.69, 9.17) is 11.6 Å². The van der Waals surface area contributed by atoms with Gasteiger partial charge in [0.25, 0.3) is 0 Å². The van der Waals surface area contributed by atoms with Crippen LogP contribution in [0.2, 0.25) is 5.15 Å². The molecular formula is C10H4ClF3N2O. The molecule has 3 nitrogen and oxygen atoms in total. The Kier molecular flexibility index (Phi) is 2.74. The average Bonchev–Trinajstić information content (AvgIpc) is 2.26. The monoisotopic (exact) mass is 260 g/mol. The zero-order valence-corrected chi connectivity index (χ0v) is 8.88. The molecule has 0 saturated heterocycles. The second-order valence-electron chi connectivity index (χ2n) is 3.19. The number of nitrogens with zero attached hydrogens (tertiary/aromatic N) is 2. The highest BCUT2D eigenvalue weighted by molar-refractivity contribution is 6.34. The van der Waals surface area contributed by atoms with Crippen molar-refractivity contribution in [3.05, 3.63) is 34.7 Å². The van der Waals surface area contributed by atoms with E-state index in [0.717, 1.165) is 6.07 Å². The van der Waals surface area contributed by atoms with Crippen LogP contribution in [-0.4, -0.2) is 16.3 Å². The molecule has 0 fully saturated rings. The molecule has 7 heteroatoms. The molecule has 0 N–H and O–H groups in total. The lowest BCUT2D eigenvalue weighted by molar-refractivity contribution is -0.136. The van der Waals surface area contributed by atoms with Gasteiger partial charge in [0.1, 0.15) is 5.15 Å². The number of para-hydroxylation sites is 1. The average molecular weight is 261 g/mol. The molecule has 0 aliphatic rings. The first-order valence-corrected chi connectivity index (χ1v) is 4.80. The number of benzene rings is 1. The van der Waals surface area contributed by atoms with Gasteiger partial charge in [0.15, 0.2) is 12.1 Å². The van der Waals surface area contributed by atoms with Gasteiger partial charge in [-0.25, -0.2) is 9.97 Å². The lowest BCUT2D eigenvalue weighted by atomic mass is 10.1. The molecule has 0 aliphatic carbocycles. The van der Waals surface area contributed by atoms with Crippen molar-refractivity contribution in [1.82, 2.24) is 9.97 Å². The smallest absolute Gasteiger partial charge is 0.294 e. The lowest BCUT2D eigenvalue weighted by Crippen LogP contribution is -2.08. The number of aromatic nitrogens is 2. The van der Waals surface area contributed by atoms with Crippen LogP contribution in [-0.2, 0) is 6.18 Å². The van der Waals surface area contributed by atoms with Crippen LogP contribution < -0.4 is 0 Å². The van der Waals surface area contributed by atoms with E-state index in [9.17, 15) is 18.0 Å². The first kappa shape index (κ1) is 11.8. The van der Waals surface area contributed by atoms with Gasteiger partial charge in [-0.2, -0.15) is 13.2 Å². The quantitative estimate of drug-likeness (QED) is 0.584. The van der Waals surface area contributed by atoms with Crippen molar-refractivity contribution in [2.45, 2.75) is 6.18 Å². The maximum absolute atomic E-state index is 12.7. The van der Waals surface area contributed by atoms with E-state index in [1.807, 2.05) is 0 Å². The Bertz CT molecular complexity index is 598. The number of carbonyl (C=O) groups excluding carboxylic acids is 1. The molecule has 0 unspecified atom stereocenters. The number of rotatable bonds is 1. The number of hydrogen-bond donors (Lipinski definition) is 0. The van der Waals surface area contributed by atoms with Crippen LogP contribution in [0.5, 0.6) is 0 Å². The molecule has 1 aromatic carbocycles. The minimum Gasteiger partial charge on any atom is -0.294 e. The van der Waals surface area contributed by atoms with Gasteiger partial charge >= 0.3 is 6.18 Å². The number of hydrogen-bond acceptors (Lipinski definition) is 3. The summed E-state index contributed by atoms with van der Waals surface area (Å²) in [7, 11) is 0. The first-order valence-electron chi connectivity index (χ1n) is 4.42. The molecule has 1 heterocycles. The molecule has 0 atom stereocenters. The minimum atomic E-state index is -4.56. The summed E-state index contributed by atoms with van der Waals surface area (Å²) in [5.74, 6) is -0.376. The van der Waals surface area contributed by atoms with Crippen LogP contribution in [0.15, 0.2) is 18.2 Å². The van der Waals surface area contributed by atoms with Gasteiger partial charge in [0.2, 0.25) is 0 Å². The third kappa shape index (κ3) is 2.08. The van der Waals surface area contributed by atoms with Gasteiger partial charge in [0, 0.05) is 5.39 Å². The highest BCUT2D eigenvalue weighted by Gasteiger charge is 2.33. The predicted octanol–water partition coefficient (Wildman–Crippen LogP) is 3.11. The third-order valence-corrected chi connectivity index (χ3v) is 2.40. The summed E-state index contributed by atoms with van der Waals surface area (Å²) >= 11 is 5.69. The molecule has 0 bridgehead atoms. The summed E-state index contributed by atoms with van der Waals surface area (Å²) in [6, 6.07) is 3.45. The Balaban J connectivity index is 2.87. The van der Waals surface area contributed by atoms with Gasteiger partial charge in [0.05, 0.1) is 11.1 Å². The second-order valence-corrected chi connectivity index (χ2v) is 3.55. The standard InChI is InChI=1S/C10H4ClF3N2O/c11-9-5-2-1-3-6(10(12,13)14)8(5)15-7(4-17)16-9/h1-4H. The Morgan fingerprint density at radius 1 is 1.24 bits per heavy atom. The summed E-state index contributed by atoms with van der Waals surface area (Å²) in [6.07, 6.45) is -4.31. The van der Waals surface area contributed by atoms with Gasteiger partial charge in [-0.15, -0.1) is 0 Å². The van der Waals surface area contributed by atoms with E-state index in [2.05, 4.69) is 9.97 Å². The van der Waals surface area contributed by atoms with Crippen molar-refractivity contribution in [2.75, 3.05) is 0 Å². The van der Waals surface area contributed by atoms with Crippen LogP contribution in [0.25, 0.3) is 10.9 Å². The van der Waals surface area contributed by atoms with Crippen molar-refractivity contribution in [3.63, 3.8) is 0 Å². The highest BCUT2D eigenvalue weighted by Crippen LogP contribution is 2.35. The van der Waals surface area contributed by atoms with Gasteiger partial charge in [-0.05, 0) is 12.1 Å². The summed E-state index contributed by atoms with van der Waals surface area (Å²) in [4.78, 5) is 17.6. The Morgan fingerprint density at radius 2 is 1.94 bits per heavy atom. The molecule has 0 radical (unpaired) electrons. The summed E-state index contributed by atoms with van der Waals surface area (Å²) in [5, 5.41) is -0.115. The van der Waals surface area contributed by atoms with E-state index in [0.29, 0.717) is 0 Å². The Morgan fingerprint density at radius 3 is 2.53 bits per heavy atom.